The predicted molar refractivity (Wildman–Crippen MR) is 68.6 cm³/mol. The van der Waals surface area contributed by atoms with Gasteiger partial charge < -0.3 is 15.7 Å². The molecule has 18 heavy (non-hydrogen) atoms. The molecule has 0 bridgehead atoms. The van der Waals surface area contributed by atoms with Gasteiger partial charge in [-0.1, -0.05) is 13.3 Å². The molecule has 0 saturated carbocycles. The third kappa shape index (κ3) is 4.70. The molecule has 0 aliphatic heterocycles. The predicted octanol–water partition coefficient (Wildman–Crippen LogP) is 1.50. The number of aromatic nitrogens is 1. The van der Waals surface area contributed by atoms with E-state index < -0.39 is 18.0 Å². The molecule has 0 spiro atoms. The summed E-state index contributed by atoms with van der Waals surface area (Å²) in [5, 5.41) is 16.6. The van der Waals surface area contributed by atoms with Gasteiger partial charge in [0.1, 0.15) is 11.0 Å². The van der Waals surface area contributed by atoms with Crippen LogP contribution in [0.15, 0.2) is 5.38 Å². The summed E-state index contributed by atoms with van der Waals surface area (Å²) >= 11 is 1.46. The maximum atomic E-state index is 11.5. The van der Waals surface area contributed by atoms with E-state index >= 15 is 0 Å². The summed E-state index contributed by atoms with van der Waals surface area (Å²) in [6.45, 7) is 4.05. The van der Waals surface area contributed by atoms with Gasteiger partial charge in [0.05, 0.1) is 6.54 Å². The molecule has 0 radical (unpaired) electrons. The molecule has 0 aliphatic rings. The van der Waals surface area contributed by atoms with E-state index in [0.29, 0.717) is 19.4 Å². The van der Waals surface area contributed by atoms with E-state index in [1.54, 1.807) is 0 Å². The number of rotatable bonds is 6. The summed E-state index contributed by atoms with van der Waals surface area (Å²) in [4.78, 5) is 26.5. The lowest BCUT2D eigenvalue weighted by Gasteiger charge is -2.13. The van der Waals surface area contributed by atoms with E-state index in [2.05, 4.69) is 15.6 Å². The number of aryl methyl sites for hydroxylation is 1. The Morgan fingerprint density at radius 3 is 2.78 bits per heavy atom. The Labute approximate surface area is 109 Å². The highest BCUT2D eigenvalue weighted by Crippen LogP contribution is 2.07. The van der Waals surface area contributed by atoms with Gasteiger partial charge in [0.15, 0.2) is 0 Å². The lowest BCUT2D eigenvalue weighted by Crippen LogP contribution is -2.45. The summed E-state index contributed by atoms with van der Waals surface area (Å²) in [5.74, 6) is -1.02. The van der Waals surface area contributed by atoms with E-state index in [4.69, 9.17) is 5.11 Å². The SMILES string of the molecule is CCC[C@@H](NC(=O)NCc1nc(C)cs1)C(=O)O. The van der Waals surface area contributed by atoms with Crippen LogP contribution in [0.5, 0.6) is 0 Å². The average molecular weight is 271 g/mol. The zero-order valence-corrected chi connectivity index (χ0v) is 11.2. The largest absolute Gasteiger partial charge is 0.480 e. The van der Waals surface area contributed by atoms with Crippen LogP contribution in [0.3, 0.4) is 0 Å². The van der Waals surface area contributed by atoms with E-state index in [1.165, 1.54) is 11.3 Å². The number of nitrogens with one attached hydrogen (secondary N) is 2. The van der Waals surface area contributed by atoms with Crippen LogP contribution >= 0.6 is 11.3 Å². The normalized spacial score (nSPS) is 11.9. The van der Waals surface area contributed by atoms with Gasteiger partial charge >= 0.3 is 12.0 Å². The number of amides is 2. The topological polar surface area (TPSA) is 91.3 Å². The second-order valence-electron chi connectivity index (χ2n) is 3.89. The van der Waals surface area contributed by atoms with Crippen LogP contribution in [0.1, 0.15) is 30.5 Å². The summed E-state index contributed by atoms with van der Waals surface area (Å²) < 4.78 is 0. The second-order valence-corrected chi connectivity index (χ2v) is 4.83. The summed E-state index contributed by atoms with van der Waals surface area (Å²) in [7, 11) is 0. The minimum atomic E-state index is -1.02. The lowest BCUT2D eigenvalue weighted by molar-refractivity contribution is -0.139. The van der Waals surface area contributed by atoms with Crippen LogP contribution in [-0.4, -0.2) is 28.1 Å². The van der Waals surface area contributed by atoms with Crippen molar-refractivity contribution < 1.29 is 14.7 Å². The number of urea groups is 1. The molecule has 2 amide bonds. The van der Waals surface area contributed by atoms with Crippen molar-refractivity contribution in [3.63, 3.8) is 0 Å². The molecule has 1 heterocycles. The van der Waals surface area contributed by atoms with Gasteiger partial charge in [-0.3, -0.25) is 0 Å². The first-order chi connectivity index (χ1) is 8.52. The highest BCUT2D eigenvalue weighted by atomic mass is 32.1. The van der Waals surface area contributed by atoms with Crippen LogP contribution in [0.25, 0.3) is 0 Å². The smallest absolute Gasteiger partial charge is 0.326 e. The number of hydrogen-bond acceptors (Lipinski definition) is 4. The number of carboxylic acid groups (broad SMARTS) is 1. The zero-order valence-electron chi connectivity index (χ0n) is 10.4. The van der Waals surface area contributed by atoms with E-state index in [-0.39, 0.29) is 0 Å². The Balaban J connectivity index is 2.38. The molecule has 0 fully saturated rings. The molecule has 0 aliphatic carbocycles. The van der Waals surface area contributed by atoms with E-state index in [0.717, 1.165) is 10.7 Å². The fraction of sp³-hybridized carbons (Fsp3) is 0.545. The Morgan fingerprint density at radius 2 is 2.28 bits per heavy atom. The zero-order chi connectivity index (χ0) is 13.5. The molecule has 1 aromatic rings. The Kier molecular flexibility index (Phi) is 5.57. The molecule has 7 heteroatoms. The highest BCUT2D eigenvalue weighted by molar-refractivity contribution is 7.09. The van der Waals surface area contributed by atoms with Crippen LogP contribution in [-0.2, 0) is 11.3 Å². The number of aliphatic carboxylic acids is 1. The maximum Gasteiger partial charge on any atom is 0.326 e. The van der Waals surface area contributed by atoms with Crippen LogP contribution in [0.2, 0.25) is 0 Å². The van der Waals surface area contributed by atoms with Crippen molar-refractivity contribution in [1.29, 1.82) is 0 Å². The van der Waals surface area contributed by atoms with Crippen LogP contribution < -0.4 is 10.6 Å². The first kappa shape index (κ1) is 14.4. The molecule has 0 unspecified atom stereocenters. The molecule has 0 saturated heterocycles. The van der Waals surface area contributed by atoms with E-state index in [1.807, 2.05) is 19.2 Å². The van der Waals surface area contributed by atoms with Gasteiger partial charge in [-0.05, 0) is 13.3 Å². The molecule has 0 aromatic carbocycles. The number of hydrogen-bond donors (Lipinski definition) is 3. The summed E-state index contributed by atoms with van der Waals surface area (Å²) in [6.07, 6.45) is 1.11. The Hall–Kier alpha value is -1.63. The third-order valence-corrected chi connectivity index (χ3v) is 3.21. The van der Waals surface area contributed by atoms with Crippen LogP contribution in [0, 0.1) is 6.92 Å². The fourth-order valence-electron chi connectivity index (χ4n) is 1.40. The molecule has 100 valence electrons. The van der Waals surface area contributed by atoms with E-state index in [9.17, 15) is 9.59 Å². The van der Waals surface area contributed by atoms with Gasteiger partial charge in [0.2, 0.25) is 0 Å². The minimum Gasteiger partial charge on any atom is -0.480 e. The van der Waals surface area contributed by atoms with Gasteiger partial charge in [-0.2, -0.15) is 0 Å². The van der Waals surface area contributed by atoms with Crippen molar-refractivity contribution in [2.75, 3.05) is 0 Å². The van der Waals surface area contributed by atoms with Gasteiger partial charge in [-0.15, -0.1) is 11.3 Å². The molecule has 1 atom stereocenters. The number of nitrogens with zero attached hydrogens (tertiary/aromatic N) is 1. The van der Waals surface area contributed by atoms with Crippen molar-refractivity contribution in [3.05, 3.63) is 16.1 Å². The molecule has 1 aromatic heterocycles. The van der Waals surface area contributed by atoms with Crippen molar-refractivity contribution >= 4 is 23.3 Å². The molecular formula is C11H17N3O3S. The van der Waals surface area contributed by atoms with Crippen molar-refractivity contribution in [1.82, 2.24) is 15.6 Å². The maximum absolute atomic E-state index is 11.5. The average Bonchev–Trinajstić information content (AvgIpc) is 2.72. The third-order valence-electron chi connectivity index (χ3n) is 2.25. The van der Waals surface area contributed by atoms with Gasteiger partial charge in [0.25, 0.3) is 0 Å². The second kappa shape index (κ2) is 6.95. The standard InChI is InChI=1S/C11H17N3O3S/c1-3-4-8(10(15)16)14-11(17)12-5-9-13-7(2)6-18-9/h6,8H,3-5H2,1-2H3,(H,15,16)(H2,12,14,17)/t8-/m1/s1. The molecule has 3 N–H and O–H groups in total. The lowest BCUT2D eigenvalue weighted by atomic mass is 10.2. The van der Waals surface area contributed by atoms with Gasteiger partial charge in [0, 0.05) is 11.1 Å². The quantitative estimate of drug-likeness (QED) is 0.731. The number of carbonyl (C=O) groups excluding carboxylic acids is 1. The molecular weight excluding hydrogens is 254 g/mol. The minimum absolute atomic E-state index is 0.308. The summed E-state index contributed by atoms with van der Waals surface area (Å²) in [5.41, 5.74) is 0.909. The Bertz CT molecular complexity index is 419. The highest BCUT2D eigenvalue weighted by Gasteiger charge is 2.18. The fourth-order valence-corrected chi connectivity index (χ4v) is 2.11. The van der Waals surface area contributed by atoms with Crippen molar-refractivity contribution in [2.24, 2.45) is 0 Å². The van der Waals surface area contributed by atoms with Crippen LogP contribution in [0.4, 0.5) is 4.79 Å². The number of carboxylic acids is 1. The summed E-state index contributed by atoms with van der Waals surface area (Å²) in [6, 6.07) is -1.32. The van der Waals surface area contributed by atoms with Crippen molar-refractivity contribution in [2.45, 2.75) is 39.3 Å². The molecule has 6 nitrogen and oxygen atoms in total. The van der Waals surface area contributed by atoms with Gasteiger partial charge in [-0.25, -0.2) is 14.6 Å². The monoisotopic (exact) mass is 271 g/mol. The number of carbonyl (C=O) groups is 2. The first-order valence-electron chi connectivity index (χ1n) is 5.71. The molecule has 1 rings (SSSR count). The van der Waals surface area contributed by atoms with Crippen molar-refractivity contribution in [3.8, 4) is 0 Å². The Morgan fingerprint density at radius 1 is 1.56 bits per heavy atom. The number of thiazole rings is 1. The first-order valence-corrected chi connectivity index (χ1v) is 6.59.